The molecule has 1 saturated carbocycles. The number of amides is 1. The molecule has 1 aliphatic carbocycles. The molecule has 104 valence electrons. The van der Waals surface area contributed by atoms with Crippen LogP contribution in [0.2, 0.25) is 0 Å². The molecule has 0 atom stereocenters. The van der Waals surface area contributed by atoms with Gasteiger partial charge in [0.2, 0.25) is 0 Å². The molecule has 20 heavy (non-hydrogen) atoms. The average Bonchev–Trinajstić information content (AvgIpc) is 3.22. The Bertz CT molecular complexity index is 647. The molecule has 0 saturated heterocycles. The highest BCUT2D eigenvalue weighted by Gasteiger charge is 2.28. The van der Waals surface area contributed by atoms with Gasteiger partial charge in [0.1, 0.15) is 11.4 Å². The second kappa shape index (κ2) is 5.32. The Hall–Kier alpha value is -1.75. The number of methoxy groups -OCH3 is 1. The van der Waals surface area contributed by atoms with Gasteiger partial charge >= 0.3 is 0 Å². The number of benzene rings is 1. The smallest absolute Gasteiger partial charge is 0.272 e. The van der Waals surface area contributed by atoms with Crippen LogP contribution in [0.25, 0.3) is 0 Å². The van der Waals surface area contributed by atoms with Crippen molar-refractivity contribution in [3.63, 3.8) is 0 Å². The summed E-state index contributed by atoms with van der Waals surface area (Å²) in [6.07, 6.45) is 4.24. The lowest BCUT2D eigenvalue weighted by molar-refractivity contribution is 0.101. The van der Waals surface area contributed by atoms with Crippen LogP contribution in [0, 0.1) is 0 Å². The molecule has 0 bridgehead atoms. The molecule has 0 unspecified atom stereocenters. The van der Waals surface area contributed by atoms with Gasteiger partial charge in [-0.3, -0.25) is 4.79 Å². The van der Waals surface area contributed by atoms with E-state index in [2.05, 4.69) is 21.2 Å². The molecule has 1 amide bonds. The Kier molecular flexibility index (Phi) is 3.53. The summed E-state index contributed by atoms with van der Waals surface area (Å²) in [7, 11) is 1.59. The number of carbonyl (C=O) groups excluding carboxylic acids is 1. The zero-order valence-corrected chi connectivity index (χ0v) is 12.7. The SMILES string of the molecule is COc1ccccc1NC(=O)c1cc(Br)cn1C1CC1. The molecule has 2 aromatic rings. The molecule has 0 radical (unpaired) electrons. The Balaban J connectivity index is 1.86. The van der Waals surface area contributed by atoms with Crippen molar-refractivity contribution in [1.82, 2.24) is 4.57 Å². The number of anilines is 1. The Morgan fingerprint density at radius 1 is 1.40 bits per heavy atom. The molecule has 3 rings (SSSR count). The summed E-state index contributed by atoms with van der Waals surface area (Å²) < 4.78 is 8.21. The third kappa shape index (κ3) is 2.58. The van der Waals surface area contributed by atoms with Crippen molar-refractivity contribution in [3.05, 3.63) is 46.7 Å². The number of hydrogen-bond donors (Lipinski definition) is 1. The molecule has 1 aliphatic rings. The largest absolute Gasteiger partial charge is 0.495 e. The standard InChI is InChI=1S/C15H15BrN2O2/c1-20-14-5-3-2-4-12(14)17-15(19)13-8-10(16)9-18(13)11-6-7-11/h2-5,8-9,11H,6-7H2,1H3,(H,17,19). The van der Waals surface area contributed by atoms with Crippen LogP contribution in [0.3, 0.4) is 0 Å². The topological polar surface area (TPSA) is 43.3 Å². The minimum atomic E-state index is -0.118. The molecule has 4 nitrogen and oxygen atoms in total. The number of nitrogens with one attached hydrogen (secondary N) is 1. The van der Waals surface area contributed by atoms with E-state index in [1.807, 2.05) is 41.1 Å². The molecule has 1 aromatic heterocycles. The monoisotopic (exact) mass is 334 g/mol. The van der Waals surface area contributed by atoms with Crippen molar-refractivity contribution in [3.8, 4) is 5.75 Å². The number of halogens is 1. The summed E-state index contributed by atoms with van der Waals surface area (Å²) >= 11 is 3.44. The van der Waals surface area contributed by atoms with Gasteiger partial charge in [-0.25, -0.2) is 0 Å². The minimum Gasteiger partial charge on any atom is -0.495 e. The number of ether oxygens (including phenoxy) is 1. The van der Waals surface area contributed by atoms with E-state index in [1.165, 1.54) is 0 Å². The Labute approximate surface area is 125 Å². The van der Waals surface area contributed by atoms with Gasteiger partial charge < -0.3 is 14.6 Å². The van der Waals surface area contributed by atoms with Gasteiger partial charge in [-0.15, -0.1) is 0 Å². The lowest BCUT2D eigenvalue weighted by Gasteiger charge is -2.11. The summed E-state index contributed by atoms with van der Waals surface area (Å²) in [4.78, 5) is 12.4. The summed E-state index contributed by atoms with van der Waals surface area (Å²) in [6.45, 7) is 0. The van der Waals surface area contributed by atoms with Crippen LogP contribution in [0.1, 0.15) is 29.4 Å². The van der Waals surface area contributed by atoms with Crippen molar-refractivity contribution in [2.45, 2.75) is 18.9 Å². The van der Waals surface area contributed by atoms with Crippen molar-refractivity contribution >= 4 is 27.5 Å². The fourth-order valence-corrected chi connectivity index (χ4v) is 2.65. The van der Waals surface area contributed by atoms with Crippen molar-refractivity contribution in [2.75, 3.05) is 12.4 Å². The maximum absolute atomic E-state index is 12.4. The van der Waals surface area contributed by atoms with Crippen LogP contribution in [0.4, 0.5) is 5.69 Å². The predicted octanol–water partition coefficient (Wildman–Crippen LogP) is 3.85. The first-order chi connectivity index (χ1) is 9.69. The number of hydrogen-bond acceptors (Lipinski definition) is 2. The molecule has 0 aliphatic heterocycles. The van der Waals surface area contributed by atoms with E-state index >= 15 is 0 Å². The van der Waals surface area contributed by atoms with E-state index in [4.69, 9.17) is 4.74 Å². The highest BCUT2D eigenvalue weighted by molar-refractivity contribution is 9.10. The van der Waals surface area contributed by atoms with Gasteiger partial charge in [0.25, 0.3) is 5.91 Å². The number of aromatic nitrogens is 1. The molecule has 1 N–H and O–H groups in total. The van der Waals surface area contributed by atoms with Crippen LogP contribution in [-0.4, -0.2) is 17.6 Å². The normalized spacial score (nSPS) is 14.1. The Morgan fingerprint density at radius 3 is 2.85 bits per heavy atom. The van der Waals surface area contributed by atoms with Crippen molar-refractivity contribution in [2.24, 2.45) is 0 Å². The lowest BCUT2D eigenvalue weighted by atomic mass is 10.2. The predicted molar refractivity (Wildman–Crippen MR) is 81.4 cm³/mol. The molecule has 5 heteroatoms. The van der Waals surface area contributed by atoms with Gasteiger partial charge in [-0.05, 0) is 47.0 Å². The van der Waals surface area contributed by atoms with Crippen LogP contribution in [-0.2, 0) is 0 Å². The summed E-state index contributed by atoms with van der Waals surface area (Å²) in [5, 5.41) is 2.91. The number of para-hydroxylation sites is 2. The molecule has 1 aromatic carbocycles. The zero-order valence-electron chi connectivity index (χ0n) is 11.1. The van der Waals surface area contributed by atoms with E-state index in [1.54, 1.807) is 7.11 Å². The zero-order chi connectivity index (χ0) is 14.1. The summed E-state index contributed by atoms with van der Waals surface area (Å²) in [5.41, 5.74) is 1.35. The third-order valence-corrected chi connectivity index (χ3v) is 3.78. The van der Waals surface area contributed by atoms with Crippen molar-refractivity contribution in [1.29, 1.82) is 0 Å². The van der Waals surface area contributed by atoms with E-state index in [0.29, 0.717) is 23.2 Å². The fourth-order valence-electron chi connectivity index (χ4n) is 2.22. The molecule has 1 heterocycles. The second-order valence-corrected chi connectivity index (χ2v) is 5.75. The fraction of sp³-hybridized carbons (Fsp3) is 0.267. The number of rotatable bonds is 4. The maximum Gasteiger partial charge on any atom is 0.272 e. The van der Waals surface area contributed by atoms with E-state index in [-0.39, 0.29) is 5.91 Å². The van der Waals surface area contributed by atoms with Crippen molar-refractivity contribution < 1.29 is 9.53 Å². The van der Waals surface area contributed by atoms with E-state index in [0.717, 1.165) is 17.3 Å². The van der Waals surface area contributed by atoms with Crippen LogP contribution < -0.4 is 10.1 Å². The first kappa shape index (κ1) is 13.2. The van der Waals surface area contributed by atoms with E-state index < -0.39 is 0 Å². The summed E-state index contributed by atoms with van der Waals surface area (Å²) in [6, 6.07) is 9.70. The third-order valence-electron chi connectivity index (χ3n) is 3.34. The Morgan fingerprint density at radius 2 is 2.15 bits per heavy atom. The first-order valence-electron chi connectivity index (χ1n) is 6.51. The van der Waals surface area contributed by atoms with Gasteiger partial charge in [-0.1, -0.05) is 12.1 Å². The average molecular weight is 335 g/mol. The lowest BCUT2D eigenvalue weighted by Crippen LogP contribution is -2.16. The van der Waals surface area contributed by atoms with Crippen LogP contribution >= 0.6 is 15.9 Å². The van der Waals surface area contributed by atoms with Gasteiger partial charge in [0.15, 0.2) is 0 Å². The molecule has 1 fully saturated rings. The van der Waals surface area contributed by atoms with Crippen LogP contribution in [0.5, 0.6) is 5.75 Å². The molecular weight excluding hydrogens is 320 g/mol. The maximum atomic E-state index is 12.4. The second-order valence-electron chi connectivity index (χ2n) is 4.84. The highest BCUT2D eigenvalue weighted by Crippen LogP contribution is 2.37. The van der Waals surface area contributed by atoms with Gasteiger partial charge in [-0.2, -0.15) is 0 Å². The minimum absolute atomic E-state index is 0.118. The van der Waals surface area contributed by atoms with Crippen LogP contribution in [0.15, 0.2) is 41.0 Å². The summed E-state index contributed by atoms with van der Waals surface area (Å²) in [5.74, 6) is 0.538. The molecular formula is C15H15BrN2O2. The highest BCUT2D eigenvalue weighted by atomic mass is 79.9. The van der Waals surface area contributed by atoms with E-state index in [9.17, 15) is 4.79 Å². The quantitative estimate of drug-likeness (QED) is 0.922. The van der Waals surface area contributed by atoms with Gasteiger partial charge in [0, 0.05) is 16.7 Å². The molecule has 0 spiro atoms. The number of nitrogens with zero attached hydrogens (tertiary/aromatic N) is 1. The van der Waals surface area contributed by atoms with Gasteiger partial charge in [0.05, 0.1) is 12.8 Å². The number of carbonyl (C=O) groups is 1. The first-order valence-corrected chi connectivity index (χ1v) is 7.30.